The maximum atomic E-state index is 14.1. The third-order valence-corrected chi connectivity index (χ3v) is 10.9. The molecule has 2 aromatic heterocycles. The quantitative estimate of drug-likeness (QED) is 0.0669. The zero-order chi connectivity index (χ0) is 39.8. The number of ether oxygens (including phenoxy) is 1. The Morgan fingerprint density at radius 2 is 1.53 bits per heavy atom. The molecule has 0 aliphatic heterocycles. The summed E-state index contributed by atoms with van der Waals surface area (Å²) in [5.74, 6) is -0.396. The van der Waals surface area contributed by atoms with Crippen molar-refractivity contribution in [3.8, 4) is 0 Å². The molecule has 2 heterocycles. The zero-order valence-electron chi connectivity index (χ0n) is 31.5. The number of rotatable bonds is 20. The second-order valence-electron chi connectivity index (χ2n) is 13.6. The van der Waals surface area contributed by atoms with Crippen molar-refractivity contribution in [3.63, 3.8) is 0 Å². The van der Waals surface area contributed by atoms with Gasteiger partial charge in [-0.05, 0) is 43.2 Å². The number of hydrogen-bond acceptors (Lipinski definition) is 10. The number of nitrogens with one attached hydrogen (secondary N) is 3. The fourth-order valence-corrected chi connectivity index (χ4v) is 7.51. The molecule has 0 spiro atoms. The Labute approximate surface area is 331 Å². The van der Waals surface area contributed by atoms with Gasteiger partial charge in [-0.15, -0.1) is 22.7 Å². The predicted molar refractivity (Wildman–Crippen MR) is 216 cm³/mol. The third-order valence-electron chi connectivity index (χ3n) is 8.41. The van der Waals surface area contributed by atoms with Crippen LogP contribution in [0.25, 0.3) is 0 Å². The Bertz CT molecular complexity index is 1940. The second kappa shape index (κ2) is 21.3. The van der Waals surface area contributed by atoms with Crippen LogP contribution < -0.4 is 21.7 Å². The number of carbonyl (C=O) groups excluding carboxylic acids is 3. The van der Waals surface area contributed by atoms with Crippen LogP contribution in [0.5, 0.6) is 0 Å². The van der Waals surface area contributed by atoms with Gasteiger partial charge >= 0.3 is 12.1 Å². The first-order valence-electron chi connectivity index (χ1n) is 17.9. The number of carbonyl (C=O) groups is 3. The number of nitrogens with two attached hydrogens (primary N) is 1. The van der Waals surface area contributed by atoms with Gasteiger partial charge in [-0.25, -0.2) is 23.0 Å². The molecular weight excluding hydrogens is 761 g/mol. The van der Waals surface area contributed by atoms with Crippen molar-refractivity contribution in [2.24, 2.45) is 10.1 Å². The minimum atomic E-state index is -3.76. The first-order valence-corrected chi connectivity index (χ1v) is 21.5. The number of nitrogens with zero attached hydrogens (tertiary/aromatic N) is 4. The summed E-state index contributed by atoms with van der Waals surface area (Å²) in [7, 11) is -2.15. The van der Waals surface area contributed by atoms with Crippen LogP contribution in [0, 0.1) is 0 Å². The minimum Gasteiger partial charge on any atom is -0.444 e. The average Bonchev–Trinajstić information content (AvgIpc) is 3.84. The fourth-order valence-electron chi connectivity index (χ4n) is 5.66. The Hall–Kier alpha value is -4.87. The van der Waals surface area contributed by atoms with E-state index in [0.29, 0.717) is 25.7 Å². The lowest BCUT2D eigenvalue weighted by molar-refractivity contribution is -0.123. The predicted octanol–water partition coefficient (Wildman–Crippen LogP) is 5.38. The van der Waals surface area contributed by atoms with Gasteiger partial charge < -0.3 is 31.3 Å². The van der Waals surface area contributed by atoms with Crippen LogP contribution in [-0.4, -0.2) is 78.6 Å². The number of sulfonamides is 1. The van der Waals surface area contributed by atoms with E-state index in [2.05, 4.69) is 30.3 Å². The van der Waals surface area contributed by atoms with Crippen LogP contribution >= 0.6 is 22.7 Å². The van der Waals surface area contributed by atoms with Crippen molar-refractivity contribution in [3.05, 3.63) is 104 Å². The van der Waals surface area contributed by atoms with Gasteiger partial charge in [0.25, 0.3) is 10.0 Å². The number of urea groups is 1. The number of hydrogen-bond donors (Lipinski definition) is 4. The third kappa shape index (κ3) is 15.8. The second-order valence-corrected chi connectivity index (χ2v) is 17.1. The lowest BCUT2D eigenvalue weighted by atomic mass is 9.95. The molecule has 0 radical (unpaired) electrons. The van der Waals surface area contributed by atoms with Crippen LogP contribution in [0.1, 0.15) is 72.2 Å². The Balaban J connectivity index is 1.51. The monoisotopic (exact) mass is 810 g/mol. The van der Waals surface area contributed by atoms with Gasteiger partial charge in [0.1, 0.15) is 18.5 Å². The number of alkyl carbamates (subject to hydrolysis) is 1. The van der Waals surface area contributed by atoms with Gasteiger partial charge in [0.15, 0.2) is 0 Å². The molecule has 0 saturated carbocycles. The average molecular weight is 811 g/mol. The van der Waals surface area contributed by atoms with Crippen LogP contribution in [0.2, 0.25) is 0 Å². The molecule has 4 aromatic rings. The van der Waals surface area contributed by atoms with Crippen molar-refractivity contribution >= 4 is 56.6 Å². The smallest absolute Gasteiger partial charge is 0.407 e. The normalized spacial score (nSPS) is 13.4. The molecule has 0 saturated heterocycles. The van der Waals surface area contributed by atoms with E-state index < -0.39 is 40.1 Å². The Morgan fingerprint density at radius 3 is 2.07 bits per heavy atom. The molecule has 0 fully saturated rings. The molecule has 2 aromatic carbocycles. The molecule has 17 heteroatoms. The molecule has 0 bridgehead atoms. The maximum Gasteiger partial charge on any atom is 0.407 e. The first kappa shape index (κ1) is 42.9. The topological polar surface area (TPSA) is 198 Å². The largest absolute Gasteiger partial charge is 0.444 e. The fraction of sp³-hybridized carbons (Fsp3) is 0.421. The summed E-state index contributed by atoms with van der Waals surface area (Å²) in [6.07, 6.45) is 3.91. The summed E-state index contributed by atoms with van der Waals surface area (Å²) in [6.45, 7) is 4.42. The molecule has 0 aliphatic rings. The van der Waals surface area contributed by atoms with E-state index in [1.54, 1.807) is 18.8 Å². The van der Waals surface area contributed by atoms with Gasteiger partial charge in [-0.3, -0.25) is 9.78 Å². The standard InChI is InChI=1S/C38H50N8O6S3/c1-26(2)36-42-31(24-53-36)22-46(3)37(48)44-33(17-18-34(39)45-55(4,50)51)35(47)41-29(19-27-11-7-5-8-12-27)15-16-30(20-28-13-9-6-10-14-28)43-38(49)52-23-32-21-40-25-54-32/h5-14,21,24-26,29-30,33H,15-20,22-23H2,1-4H3,(H2,39,45)(H,41,47)(H,43,49)(H,44,48)/t29-,30-,33+/m1/s1. The van der Waals surface area contributed by atoms with Crippen LogP contribution in [0.15, 0.2) is 82.1 Å². The SMILES string of the molecule is CC(C)c1nc(CN(C)C(=O)N[C@@H](CC/C(N)=N\S(C)(=O)=O)C(=O)N[C@H](CC[C@H](Cc2ccccc2)NC(=O)OCc2cncs2)Cc2ccccc2)cs1. The maximum absolute atomic E-state index is 14.1. The molecule has 3 atom stereocenters. The number of aromatic nitrogens is 2. The molecular formula is C38H50N8O6S3. The molecule has 4 rings (SSSR count). The van der Waals surface area contributed by atoms with Gasteiger partial charge in [0.05, 0.1) is 33.9 Å². The molecule has 55 heavy (non-hydrogen) atoms. The lowest BCUT2D eigenvalue weighted by Crippen LogP contribution is -2.53. The van der Waals surface area contributed by atoms with Gasteiger partial charge in [0, 0.05) is 43.0 Å². The van der Waals surface area contributed by atoms with E-state index in [4.69, 9.17) is 10.5 Å². The van der Waals surface area contributed by atoms with Crippen molar-refractivity contribution in [2.45, 2.75) is 89.6 Å². The highest BCUT2D eigenvalue weighted by molar-refractivity contribution is 7.89. The highest BCUT2D eigenvalue weighted by Gasteiger charge is 2.27. The van der Waals surface area contributed by atoms with E-state index in [1.165, 1.54) is 27.6 Å². The summed E-state index contributed by atoms with van der Waals surface area (Å²) >= 11 is 2.92. The van der Waals surface area contributed by atoms with Crippen molar-refractivity contribution in [2.75, 3.05) is 13.3 Å². The van der Waals surface area contributed by atoms with Crippen molar-refractivity contribution < 1.29 is 27.5 Å². The first-order chi connectivity index (χ1) is 26.2. The van der Waals surface area contributed by atoms with E-state index >= 15 is 0 Å². The van der Waals surface area contributed by atoms with E-state index in [0.717, 1.165) is 33.0 Å². The van der Waals surface area contributed by atoms with Crippen molar-refractivity contribution in [1.82, 2.24) is 30.8 Å². The lowest BCUT2D eigenvalue weighted by Gasteiger charge is -2.27. The van der Waals surface area contributed by atoms with Gasteiger partial charge in [-0.1, -0.05) is 74.5 Å². The van der Waals surface area contributed by atoms with Crippen LogP contribution in [0.4, 0.5) is 9.59 Å². The summed E-state index contributed by atoms with van der Waals surface area (Å²) in [4.78, 5) is 51.4. The van der Waals surface area contributed by atoms with E-state index in [1.807, 2.05) is 79.9 Å². The molecule has 14 nitrogen and oxygen atoms in total. The Morgan fingerprint density at radius 1 is 0.909 bits per heavy atom. The molecule has 0 unspecified atom stereocenters. The molecule has 4 amide bonds. The van der Waals surface area contributed by atoms with E-state index in [-0.39, 0.29) is 43.8 Å². The minimum absolute atomic E-state index is 0.00763. The zero-order valence-corrected chi connectivity index (χ0v) is 34.0. The Kier molecular flexibility index (Phi) is 16.6. The summed E-state index contributed by atoms with van der Waals surface area (Å²) in [6, 6.07) is 17.1. The number of amides is 4. The van der Waals surface area contributed by atoms with Crippen LogP contribution in [0.3, 0.4) is 0 Å². The summed E-state index contributed by atoms with van der Waals surface area (Å²) in [5, 5.41) is 11.8. The molecule has 5 N–H and O–H groups in total. The highest BCUT2D eigenvalue weighted by atomic mass is 32.2. The van der Waals surface area contributed by atoms with Crippen LogP contribution in [-0.2, 0) is 45.5 Å². The van der Waals surface area contributed by atoms with Crippen molar-refractivity contribution in [1.29, 1.82) is 0 Å². The number of thiazole rings is 2. The summed E-state index contributed by atoms with van der Waals surface area (Å²) in [5.41, 5.74) is 10.3. The number of benzene rings is 2. The summed E-state index contributed by atoms with van der Waals surface area (Å²) < 4.78 is 32.5. The molecule has 296 valence electrons. The van der Waals surface area contributed by atoms with Gasteiger partial charge in [-0.2, -0.15) is 4.40 Å². The van der Waals surface area contributed by atoms with E-state index in [9.17, 15) is 22.8 Å². The highest BCUT2D eigenvalue weighted by Crippen LogP contribution is 2.20. The number of amidine groups is 1. The van der Waals surface area contributed by atoms with Gasteiger partial charge in [0.2, 0.25) is 5.91 Å². The molecule has 0 aliphatic carbocycles.